The number of benzene rings is 1. The van der Waals surface area contributed by atoms with Crippen LogP contribution in [-0.2, 0) is 23.7 Å². The van der Waals surface area contributed by atoms with E-state index in [0.717, 1.165) is 19.3 Å². The van der Waals surface area contributed by atoms with Gasteiger partial charge in [-0.05, 0) is 43.9 Å². The number of nitrogens with two attached hydrogens (primary N) is 1. The Morgan fingerprint density at radius 3 is 2.50 bits per heavy atom. The molecule has 42 heavy (non-hydrogen) atoms. The van der Waals surface area contributed by atoms with Crippen molar-refractivity contribution in [1.82, 2.24) is 4.90 Å². The normalized spacial score (nSPS) is 50.1. The average Bonchev–Trinajstić information content (AvgIpc) is 3.41. The molecule has 6 fully saturated rings. The first-order chi connectivity index (χ1) is 20.1. The summed E-state index contributed by atoms with van der Waals surface area (Å²) in [6.07, 6.45) is 1.22. The van der Waals surface area contributed by atoms with E-state index in [1.54, 1.807) is 52.7 Å². The molecule has 5 saturated carbocycles. The maximum Gasteiger partial charge on any atom is 0.340 e. The van der Waals surface area contributed by atoms with Gasteiger partial charge in [-0.2, -0.15) is 0 Å². The summed E-state index contributed by atoms with van der Waals surface area (Å²) in [6.45, 7) is 3.54. The second-order valence-electron chi connectivity index (χ2n) is 13.8. The molecule has 10 nitrogen and oxygen atoms in total. The van der Waals surface area contributed by atoms with Crippen LogP contribution in [0.2, 0.25) is 0 Å². The Balaban J connectivity index is 1.41. The highest BCUT2D eigenvalue weighted by Crippen LogP contribution is 2.80. The topological polar surface area (TPSA) is 133 Å². The molecule has 1 aliphatic heterocycles. The third-order valence-electron chi connectivity index (χ3n) is 13.0. The standard InChI is InChI=1S/C32H46N2O8/c1-6-34-15-29(16-42-27(35)17-9-7-8-10-20(17)33)12-11-22(39-3)31-19-13-18-21(38-2)14-30(36,23(19)24(18)40-4)32(37,28(31)34)26(41-5)25(29)31/h7-10,18-19,21-26,28,36-37H,6,11-16,33H2,1-5H3/t18-,19?,21+,22+,23?,24+,25?,26+,28?,29+,30-,31+,32+/m1/s1. The fraction of sp³-hybridized carbons (Fsp3) is 0.781. The highest BCUT2D eigenvalue weighted by Gasteiger charge is 2.91. The molecular formula is C32H46N2O8. The summed E-state index contributed by atoms with van der Waals surface area (Å²) in [5, 5.41) is 26.3. The number of nitrogens with zero attached hydrogens (tertiary/aromatic N) is 1. The number of piperidine rings is 1. The summed E-state index contributed by atoms with van der Waals surface area (Å²) in [4.78, 5) is 15.7. The monoisotopic (exact) mass is 586 g/mol. The van der Waals surface area contributed by atoms with E-state index < -0.39 is 40.1 Å². The van der Waals surface area contributed by atoms with Crippen molar-refractivity contribution in [3.63, 3.8) is 0 Å². The van der Waals surface area contributed by atoms with Gasteiger partial charge in [-0.15, -0.1) is 0 Å². The lowest BCUT2D eigenvalue weighted by Crippen LogP contribution is -2.82. The number of likely N-dealkylation sites (N-methyl/N-ethyl adjacent to an activating group) is 1. The van der Waals surface area contributed by atoms with Crippen LogP contribution in [0.25, 0.3) is 0 Å². The van der Waals surface area contributed by atoms with Crippen molar-refractivity contribution in [2.75, 3.05) is 53.9 Å². The van der Waals surface area contributed by atoms with E-state index in [1.807, 2.05) is 0 Å². The second-order valence-corrected chi connectivity index (χ2v) is 13.8. The van der Waals surface area contributed by atoms with Gasteiger partial charge in [-0.1, -0.05) is 19.1 Å². The van der Waals surface area contributed by atoms with Gasteiger partial charge in [0.1, 0.15) is 11.2 Å². The fourth-order valence-electron chi connectivity index (χ4n) is 12.0. The number of rotatable bonds is 8. The van der Waals surface area contributed by atoms with E-state index in [2.05, 4.69) is 11.8 Å². The van der Waals surface area contributed by atoms with Crippen LogP contribution in [0.3, 0.4) is 0 Å². The molecule has 232 valence electrons. The van der Waals surface area contributed by atoms with Gasteiger partial charge in [0.25, 0.3) is 0 Å². The number of aliphatic hydroxyl groups is 2. The van der Waals surface area contributed by atoms with Gasteiger partial charge in [0.15, 0.2) is 0 Å². The van der Waals surface area contributed by atoms with E-state index in [1.165, 1.54) is 0 Å². The Morgan fingerprint density at radius 1 is 1.10 bits per heavy atom. The molecule has 10 heteroatoms. The zero-order valence-corrected chi connectivity index (χ0v) is 25.3. The number of nitrogen functional groups attached to an aromatic ring is 1. The third kappa shape index (κ3) is 3.12. The zero-order valence-electron chi connectivity index (χ0n) is 25.3. The molecule has 1 aromatic carbocycles. The summed E-state index contributed by atoms with van der Waals surface area (Å²) in [6, 6.07) is 6.55. The van der Waals surface area contributed by atoms with Gasteiger partial charge in [0.2, 0.25) is 0 Å². The van der Waals surface area contributed by atoms with E-state index in [9.17, 15) is 15.0 Å². The summed E-state index contributed by atoms with van der Waals surface area (Å²) < 4.78 is 31.1. The Bertz CT molecular complexity index is 1250. The van der Waals surface area contributed by atoms with Crippen molar-refractivity contribution in [1.29, 1.82) is 0 Å². The van der Waals surface area contributed by atoms with Crippen LogP contribution < -0.4 is 5.73 Å². The molecule has 5 aliphatic carbocycles. The minimum atomic E-state index is -1.62. The number of likely N-dealkylation sites (tertiary alicyclic amines) is 1. The van der Waals surface area contributed by atoms with E-state index in [0.29, 0.717) is 30.8 Å². The predicted molar refractivity (Wildman–Crippen MR) is 153 cm³/mol. The molecule has 6 aliphatic rings. The summed E-state index contributed by atoms with van der Waals surface area (Å²) in [5.74, 6) is -0.892. The van der Waals surface area contributed by atoms with Gasteiger partial charge in [0.05, 0.1) is 42.6 Å². The van der Waals surface area contributed by atoms with Crippen LogP contribution in [0.4, 0.5) is 5.69 Å². The van der Waals surface area contributed by atoms with Crippen molar-refractivity contribution in [3.8, 4) is 0 Å². The van der Waals surface area contributed by atoms with Crippen molar-refractivity contribution in [2.45, 2.75) is 74.3 Å². The largest absolute Gasteiger partial charge is 0.461 e. The number of ether oxygens (including phenoxy) is 5. The Kier molecular flexibility index (Phi) is 6.62. The highest BCUT2D eigenvalue weighted by atomic mass is 16.5. The van der Waals surface area contributed by atoms with E-state index in [4.69, 9.17) is 29.4 Å². The number of para-hydroxylation sites is 1. The lowest BCUT2D eigenvalue weighted by atomic mass is 9.42. The number of hydrogen-bond acceptors (Lipinski definition) is 10. The van der Waals surface area contributed by atoms with Gasteiger partial charge < -0.3 is 39.6 Å². The summed E-state index contributed by atoms with van der Waals surface area (Å²) in [5.41, 5.74) is 2.65. The second kappa shape index (κ2) is 9.60. The number of hydrogen-bond donors (Lipinski definition) is 3. The maximum atomic E-state index is 13.4. The van der Waals surface area contributed by atoms with Crippen LogP contribution >= 0.6 is 0 Å². The SMILES string of the molecule is CCN1C[C@]2(COC(=O)c3ccccc3N)CC[C@H](OC)[C@]34C5C[C@@H]6[C@@H](OC)C[C@@](O)(C5[C@H]6OC)[C@@](O)(C13)[C@@H](OC)C24. The average molecular weight is 587 g/mol. The minimum absolute atomic E-state index is 0.00697. The summed E-state index contributed by atoms with van der Waals surface area (Å²) >= 11 is 0. The quantitative estimate of drug-likeness (QED) is 0.306. The molecule has 0 aromatic heterocycles. The number of carbonyl (C=O) groups is 1. The van der Waals surface area contributed by atoms with Gasteiger partial charge in [0, 0.05) is 75.7 Å². The zero-order chi connectivity index (χ0) is 29.8. The van der Waals surface area contributed by atoms with E-state index in [-0.39, 0.29) is 48.6 Å². The van der Waals surface area contributed by atoms with Crippen LogP contribution in [0, 0.1) is 34.5 Å². The number of carbonyl (C=O) groups excluding carboxylic acids is 1. The minimum Gasteiger partial charge on any atom is -0.461 e. The van der Waals surface area contributed by atoms with Crippen molar-refractivity contribution in [3.05, 3.63) is 29.8 Å². The molecule has 4 unspecified atom stereocenters. The van der Waals surface area contributed by atoms with Crippen molar-refractivity contribution in [2.24, 2.45) is 34.5 Å². The predicted octanol–water partition coefficient (Wildman–Crippen LogP) is 1.72. The Morgan fingerprint density at radius 2 is 1.86 bits per heavy atom. The van der Waals surface area contributed by atoms with Crippen molar-refractivity contribution >= 4 is 11.7 Å². The van der Waals surface area contributed by atoms with Gasteiger partial charge in [-0.3, -0.25) is 4.90 Å². The molecule has 4 N–H and O–H groups in total. The highest BCUT2D eigenvalue weighted by molar-refractivity contribution is 5.95. The molecule has 0 radical (unpaired) electrons. The molecular weight excluding hydrogens is 540 g/mol. The lowest BCUT2D eigenvalue weighted by molar-refractivity contribution is -0.320. The third-order valence-corrected chi connectivity index (χ3v) is 13.0. The number of fused-ring (bicyclic) bond motifs is 2. The van der Waals surface area contributed by atoms with E-state index >= 15 is 0 Å². The molecule has 1 saturated heterocycles. The van der Waals surface area contributed by atoms with Crippen molar-refractivity contribution < 1.29 is 38.7 Å². The van der Waals surface area contributed by atoms with Gasteiger partial charge >= 0.3 is 5.97 Å². The lowest BCUT2D eigenvalue weighted by Gasteiger charge is -2.70. The Labute approximate surface area is 247 Å². The number of methoxy groups -OCH3 is 4. The van der Waals surface area contributed by atoms with Crippen LogP contribution in [0.1, 0.15) is 43.0 Å². The Hall–Kier alpha value is -1.79. The van der Waals surface area contributed by atoms with Crippen LogP contribution in [-0.4, -0.2) is 111 Å². The molecule has 7 rings (SSSR count). The first-order valence-electron chi connectivity index (χ1n) is 15.5. The fourth-order valence-corrected chi connectivity index (χ4v) is 12.0. The van der Waals surface area contributed by atoms with Crippen LogP contribution in [0.5, 0.6) is 0 Å². The molecule has 13 atom stereocenters. The smallest absolute Gasteiger partial charge is 0.340 e. The molecule has 7 bridgehead atoms. The molecule has 0 amide bonds. The number of anilines is 1. The maximum absolute atomic E-state index is 13.4. The first-order valence-corrected chi connectivity index (χ1v) is 15.5. The molecule has 1 heterocycles. The molecule has 1 aromatic rings. The summed E-state index contributed by atoms with van der Waals surface area (Å²) in [7, 11) is 6.80. The van der Waals surface area contributed by atoms with Crippen LogP contribution in [0.15, 0.2) is 24.3 Å². The number of esters is 1. The molecule has 1 spiro atoms. The first kappa shape index (κ1) is 29.0. The van der Waals surface area contributed by atoms with Gasteiger partial charge in [-0.25, -0.2) is 4.79 Å².